The zero-order chi connectivity index (χ0) is 18.2. The van der Waals surface area contributed by atoms with E-state index < -0.39 is 0 Å². The standard InChI is InChI=1S/C21H27NO3/c1-5-24-20-11-10-18(12-19(20)14-25-15(2)3)21(23)22-13-17-8-6-16(4)7-9-17/h6-12,15H,5,13-14H2,1-4H3,(H,22,23). The molecule has 0 bridgehead atoms. The second kappa shape index (κ2) is 9.23. The molecule has 4 heteroatoms. The fourth-order valence-electron chi connectivity index (χ4n) is 2.38. The van der Waals surface area contributed by atoms with Crippen LogP contribution < -0.4 is 10.1 Å². The molecule has 2 aromatic rings. The molecule has 0 saturated heterocycles. The van der Waals surface area contributed by atoms with E-state index in [-0.39, 0.29) is 12.0 Å². The van der Waals surface area contributed by atoms with Gasteiger partial charge in [-0.05, 0) is 51.5 Å². The van der Waals surface area contributed by atoms with Crippen molar-refractivity contribution in [3.63, 3.8) is 0 Å². The number of hydrogen-bond acceptors (Lipinski definition) is 3. The van der Waals surface area contributed by atoms with Crippen LogP contribution in [0.4, 0.5) is 0 Å². The Morgan fingerprint density at radius 2 is 1.84 bits per heavy atom. The lowest BCUT2D eigenvalue weighted by Crippen LogP contribution is -2.23. The van der Waals surface area contributed by atoms with Crippen molar-refractivity contribution in [1.29, 1.82) is 0 Å². The minimum absolute atomic E-state index is 0.102. The van der Waals surface area contributed by atoms with Crippen molar-refractivity contribution in [2.24, 2.45) is 0 Å². The zero-order valence-electron chi connectivity index (χ0n) is 15.5. The highest BCUT2D eigenvalue weighted by Crippen LogP contribution is 2.22. The summed E-state index contributed by atoms with van der Waals surface area (Å²) < 4.78 is 11.3. The Morgan fingerprint density at radius 1 is 1.12 bits per heavy atom. The van der Waals surface area contributed by atoms with E-state index in [4.69, 9.17) is 9.47 Å². The Kier molecular flexibility index (Phi) is 7.02. The van der Waals surface area contributed by atoms with Gasteiger partial charge in [-0.25, -0.2) is 0 Å². The van der Waals surface area contributed by atoms with Crippen LogP contribution >= 0.6 is 0 Å². The number of benzene rings is 2. The summed E-state index contributed by atoms with van der Waals surface area (Å²) in [4.78, 5) is 12.5. The van der Waals surface area contributed by atoms with E-state index in [2.05, 4.69) is 5.32 Å². The Hall–Kier alpha value is -2.33. The lowest BCUT2D eigenvalue weighted by atomic mass is 10.1. The van der Waals surface area contributed by atoms with Gasteiger partial charge < -0.3 is 14.8 Å². The average molecular weight is 341 g/mol. The van der Waals surface area contributed by atoms with Gasteiger partial charge in [0.25, 0.3) is 5.91 Å². The zero-order valence-corrected chi connectivity index (χ0v) is 15.5. The lowest BCUT2D eigenvalue weighted by molar-refractivity contribution is 0.0641. The van der Waals surface area contributed by atoms with E-state index in [1.807, 2.05) is 64.1 Å². The van der Waals surface area contributed by atoms with Crippen molar-refractivity contribution >= 4 is 5.91 Å². The molecule has 2 rings (SSSR count). The van der Waals surface area contributed by atoms with Gasteiger partial charge in [0.15, 0.2) is 0 Å². The highest BCUT2D eigenvalue weighted by molar-refractivity contribution is 5.94. The third kappa shape index (κ3) is 5.91. The molecule has 0 atom stereocenters. The first-order valence-corrected chi connectivity index (χ1v) is 8.70. The molecule has 2 aromatic carbocycles. The van der Waals surface area contributed by atoms with Crippen LogP contribution in [-0.2, 0) is 17.9 Å². The molecule has 0 heterocycles. The van der Waals surface area contributed by atoms with E-state index in [1.165, 1.54) is 5.56 Å². The highest BCUT2D eigenvalue weighted by Gasteiger charge is 2.11. The van der Waals surface area contributed by atoms with E-state index in [9.17, 15) is 4.79 Å². The highest BCUT2D eigenvalue weighted by atomic mass is 16.5. The van der Waals surface area contributed by atoms with Crippen molar-refractivity contribution in [1.82, 2.24) is 5.32 Å². The van der Waals surface area contributed by atoms with Crippen LogP contribution in [0.1, 0.15) is 47.8 Å². The molecule has 0 aromatic heterocycles. The van der Waals surface area contributed by atoms with Gasteiger partial charge in [-0.1, -0.05) is 29.8 Å². The van der Waals surface area contributed by atoms with Gasteiger partial charge in [0.2, 0.25) is 0 Å². The predicted octanol–water partition coefficient (Wildman–Crippen LogP) is 4.25. The third-order valence-corrected chi connectivity index (χ3v) is 3.77. The Balaban J connectivity index is 2.07. The molecule has 25 heavy (non-hydrogen) atoms. The Labute approximate surface area is 150 Å². The van der Waals surface area contributed by atoms with Crippen LogP contribution in [0, 0.1) is 6.92 Å². The Morgan fingerprint density at radius 3 is 2.48 bits per heavy atom. The molecule has 134 valence electrons. The molecule has 0 fully saturated rings. The van der Waals surface area contributed by atoms with Crippen molar-refractivity contribution in [3.05, 3.63) is 64.7 Å². The minimum atomic E-state index is -0.102. The van der Waals surface area contributed by atoms with Gasteiger partial charge >= 0.3 is 0 Å². The van der Waals surface area contributed by atoms with Crippen LogP contribution in [0.2, 0.25) is 0 Å². The molecule has 0 aliphatic rings. The number of carbonyl (C=O) groups is 1. The normalized spacial score (nSPS) is 10.8. The molecule has 0 radical (unpaired) electrons. The van der Waals surface area contributed by atoms with Gasteiger partial charge in [0, 0.05) is 17.7 Å². The lowest BCUT2D eigenvalue weighted by Gasteiger charge is -2.14. The number of hydrogen-bond donors (Lipinski definition) is 1. The van der Waals surface area contributed by atoms with Gasteiger partial charge in [-0.2, -0.15) is 0 Å². The van der Waals surface area contributed by atoms with Crippen molar-refractivity contribution in [2.75, 3.05) is 6.61 Å². The third-order valence-electron chi connectivity index (χ3n) is 3.77. The van der Waals surface area contributed by atoms with E-state index >= 15 is 0 Å². The molecular formula is C21H27NO3. The van der Waals surface area contributed by atoms with Crippen LogP contribution in [0.25, 0.3) is 0 Å². The molecule has 0 aliphatic carbocycles. The number of rotatable bonds is 8. The molecule has 1 N–H and O–H groups in total. The van der Waals surface area contributed by atoms with Crippen LogP contribution in [0.15, 0.2) is 42.5 Å². The van der Waals surface area contributed by atoms with Crippen molar-refractivity contribution < 1.29 is 14.3 Å². The average Bonchev–Trinajstić information content (AvgIpc) is 2.60. The van der Waals surface area contributed by atoms with E-state index in [0.717, 1.165) is 16.9 Å². The number of carbonyl (C=O) groups excluding carboxylic acids is 1. The summed E-state index contributed by atoms with van der Waals surface area (Å²) in [5.41, 5.74) is 3.78. The molecule has 0 aliphatic heterocycles. The number of ether oxygens (including phenoxy) is 2. The topological polar surface area (TPSA) is 47.6 Å². The van der Waals surface area contributed by atoms with E-state index in [0.29, 0.717) is 25.3 Å². The fraction of sp³-hybridized carbons (Fsp3) is 0.381. The maximum absolute atomic E-state index is 12.5. The summed E-state index contributed by atoms with van der Waals surface area (Å²) in [7, 11) is 0. The van der Waals surface area contributed by atoms with Gasteiger partial charge in [0.1, 0.15) is 5.75 Å². The minimum Gasteiger partial charge on any atom is -0.494 e. The first-order valence-electron chi connectivity index (χ1n) is 8.70. The molecule has 0 saturated carbocycles. The Bertz CT molecular complexity index is 693. The summed E-state index contributed by atoms with van der Waals surface area (Å²) in [6, 6.07) is 13.6. The SMILES string of the molecule is CCOc1ccc(C(=O)NCc2ccc(C)cc2)cc1COC(C)C. The number of aryl methyl sites for hydroxylation is 1. The van der Waals surface area contributed by atoms with Gasteiger partial charge in [-0.15, -0.1) is 0 Å². The summed E-state index contributed by atoms with van der Waals surface area (Å²) in [6.07, 6.45) is 0.119. The molecule has 1 amide bonds. The smallest absolute Gasteiger partial charge is 0.251 e. The first-order chi connectivity index (χ1) is 12.0. The number of nitrogens with one attached hydrogen (secondary N) is 1. The molecular weight excluding hydrogens is 314 g/mol. The molecule has 0 unspecified atom stereocenters. The summed E-state index contributed by atoms with van der Waals surface area (Å²) in [6.45, 7) is 9.46. The predicted molar refractivity (Wildman–Crippen MR) is 99.9 cm³/mol. The van der Waals surface area contributed by atoms with Crippen LogP contribution in [0.5, 0.6) is 5.75 Å². The first kappa shape index (κ1) is 19.0. The monoisotopic (exact) mass is 341 g/mol. The van der Waals surface area contributed by atoms with E-state index in [1.54, 1.807) is 6.07 Å². The maximum atomic E-state index is 12.5. The maximum Gasteiger partial charge on any atom is 0.251 e. The van der Waals surface area contributed by atoms with Crippen LogP contribution in [-0.4, -0.2) is 18.6 Å². The number of amides is 1. The second-order valence-electron chi connectivity index (χ2n) is 6.28. The van der Waals surface area contributed by atoms with Gasteiger partial charge in [0.05, 0.1) is 19.3 Å². The van der Waals surface area contributed by atoms with Crippen molar-refractivity contribution in [2.45, 2.75) is 47.0 Å². The largest absolute Gasteiger partial charge is 0.494 e. The van der Waals surface area contributed by atoms with Crippen molar-refractivity contribution in [3.8, 4) is 5.75 Å². The second-order valence-corrected chi connectivity index (χ2v) is 6.28. The summed E-state index contributed by atoms with van der Waals surface area (Å²) in [5, 5.41) is 2.96. The van der Waals surface area contributed by atoms with Gasteiger partial charge in [-0.3, -0.25) is 4.79 Å². The quantitative estimate of drug-likeness (QED) is 0.781. The van der Waals surface area contributed by atoms with Crippen LogP contribution in [0.3, 0.4) is 0 Å². The fourth-order valence-corrected chi connectivity index (χ4v) is 2.38. The summed E-state index contributed by atoms with van der Waals surface area (Å²) in [5.74, 6) is 0.660. The summed E-state index contributed by atoms with van der Waals surface area (Å²) >= 11 is 0. The molecule has 0 spiro atoms. The molecule has 4 nitrogen and oxygen atoms in total.